The summed E-state index contributed by atoms with van der Waals surface area (Å²) in [6, 6.07) is 2.00. The normalized spacial score (nSPS) is 18.6. The first-order valence-corrected chi connectivity index (χ1v) is 9.87. The van der Waals surface area contributed by atoms with E-state index in [9.17, 15) is 22.4 Å². The quantitative estimate of drug-likeness (QED) is 0.688. The third kappa shape index (κ3) is 5.72. The predicted molar refractivity (Wildman–Crippen MR) is 103 cm³/mol. The molecule has 0 saturated carbocycles. The molecule has 2 heterocycles. The Hall–Kier alpha value is -2.69. The largest absolute Gasteiger partial charge is 0.491 e. The maximum atomic E-state index is 14.3. The fourth-order valence-corrected chi connectivity index (χ4v) is 3.39. The Morgan fingerprint density at radius 1 is 1.42 bits per heavy atom. The fourth-order valence-electron chi connectivity index (χ4n) is 3.39. The molecule has 0 bridgehead atoms. The highest BCUT2D eigenvalue weighted by atomic mass is 19.4. The monoisotopic (exact) mass is 444 g/mol. The molecule has 1 saturated heterocycles. The minimum absolute atomic E-state index is 0.0146. The van der Waals surface area contributed by atoms with E-state index in [-0.39, 0.29) is 41.4 Å². The van der Waals surface area contributed by atoms with E-state index in [1.807, 2.05) is 7.05 Å². The summed E-state index contributed by atoms with van der Waals surface area (Å²) in [7, 11) is 1.97. The van der Waals surface area contributed by atoms with Crippen molar-refractivity contribution in [3.63, 3.8) is 0 Å². The van der Waals surface area contributed by atoms with Crippen molar-refractivity contribution in [3.05, 3.63) is 29.4 Å². The number of nitrogens with zero attached hydrogens (tertiary/aromatic N) is 3. The Morgan fingerprint density at radius 3 is 2.81 bits per heavy atom. The van der Waals surface area contributed by atoms with E-state index >= 15 is 0 Å². The molecule has 0 aliphatic carbocycles. The van der Waals surface area contributed by atoms with Crippen LogP contribution in [0.15, 0.2) is 16.7 Å². The van der Waals surface area contributed by atoms with Gasteiger partial charge >= 0.3 is 12.1 Å². The molecule has 0 radical (unpaired) electrons. The van der Waals surface area contributed by atoms with E-state index < -0.39 is 23.7 Å². The standard InChI is InChI=1S/C20H24F4N4O3/c1-11(25-18(29)13-5-4-6-28(3)9-13)10-30-16-8-14(7-15(21)12(16)2)17-26-19(31-27-17)20(22,23)24/h7-8,11,13H,4-6,9-10H2,1-3H3,(H,25,29)/t11-,13-/m0/s1. The van der Waals surface area contributed by atoms with Crippen molar-refractivity contribution in [1.29, 1.82) is 0 Å². The number of hydrogen-bond donors (Lipinski definition) is 1. The average Bonchev–Trinajstić information content (AvgIpc) is 3.20. The molecule has 1 aromatic heterocycles. The van der Waals surface area contributed by atoms with Gasteiger partial charge in [-0.1, -0.05) is 5.16 Å². The zero-order valence-corrected chi connectivity index (χ0v) is 17.4. The highest BCUT2D eigenvalue weighted by Crippen LogP contribution is 2.32. The maximum Gasteiger partial charge on any atom is 0.471 e. The van der Waals surface area contributed by atoms with Crippen molar-refractivity contribution in [2.45, 2.75) is 38.9 Å². The van der Waals surface area contributed by atoms with Crippen LogP contribution in [0.2, 0.25) is 0 Å². The number of halogens is 4. The summed E-state index contributed by atoms with van der Waals surface area (Å²) < 4.78 is 62.2. The summed E-state index contributed by atoms with van der Waals surface area (Å²) >= 11 is 0. The number of carbonyl (C=O) groups excluding carboxylic acids is 1. The van der Waals surface area contributed by atoms with Crippen LogP contribution in [0.3, 0.4) is 0 Å². The summed E-state index contributed by atoms with van der Waals surface area (Å²) in [5, 5.41) is 6.16. The van der Waals surface area contributed by atoms with E-state index in [0.717, 1.165) is 25.5 Å². The van der Waals surface area contributed by atoms with Crippen LogP contribution in [-0.2, 0) is 11.0 Å². The van der Waals surface area contributed by atoms with Crippen LogP contribution in [0.1, 0.15) is 31.2 Å². The van der Waals surface area contributed by atoms with E-state index in [1.54, 1.807) is 6.92 Å². The number of rotatable bonds is 6. The van der Waals surface area contributed by atoms with Gasteiger partial charge in [-0.05, 0) is 52.4 Å². The Bertz CT molecular complexity index is 932. The number of benzene rings is 1. The van der Waals surface area contributed by atoms with Gasteiger partial charge in [0.05, 0.1) is 12.0 Å². The molecule has 1 fully saturated rings. The maximum absolute atomic E-state index is 14.3. The number of carbonyl (C=O) groups is 1. The molecule has 2 aromatic rings. The van der Waals surface area contributed by atoms with Gasteiger partial charge in [-0.15, -0.1) is 0 Å². The summed E-state index contributed by atoms with van der Waals surface area (Å²) in [6.45, 7) is 4.95. The fraction of sp³-hybridized carbons (Fsp3) is 0.550. The summed E-state index contributed by atoms with van der Waals surface area (Å²) in [5.74, 6) is -2.65. The second kappa shape index (κ2) is 9.21. The lowest BCUT2D eigenvalue weighted by Gasteiger charge is -2.29. The molecule has 31 heavy (non-hydrogen) atoms. The third-order valence-electron chi connectivity index (χ3n) is 5.10. The number of aromatic nitrogens is 2. The second-order valence-corrected chi connectivity index (χ2v) is 7.82. The van der Waals surface area contributed by atoms with Crippen LogP contribution in [-0.4, -0.2) is 53.7 Å². The lowest BCUT2D eigenvalue weighted by molar-refractivity contribution is -0.159. The zero-order valence-electron chi connectivity index (χ0n) is 17.4. The van der Waals surface area contributed by atoms with Crippen molar-refractivity contribution in [2.24, 2.45) is 5.92 Å². The smallest absolute Gasteiger partial charge is 0.471 e. The van der Waals surface area contributed by atoms with Gasteiger partial charge in [-0.3, -0.25) is 4.79 Å². The SMILES string of the molecule is Cc1c(F)cc(-c2noc(C(F)(F)F)n2)cc1OC[C@H](C)NC(=O)[C@H]1CCCN(C)C1. The van der Waals surface area contributed by atoms with Crippen LogP contribution in [0.25, 0.3) is 11.4 Å². The molecule has 11 heteroatoms. The van der Waals surface area contributed by atoms with Crippen molar-refractivity contribution in [1.82, 2.24) is 20.4 Å². The molecule has 1 aliphatic rings. The molecule has 170 valence electrons. The predicted octanol–water partition coefficient (Wildman–Crippen LogP) is 3.43. The first-order chi connectivity index (χ1) is 14.5. The van der Waals surface area contributed by atoms with Crippen molar-refractivity contribution in [3.8, 4) is 17.1 Å². The van der Waals surface area contributed by atoms with E-state index in [4.69, 9.17) is 4.74 Å². The Labute approximate surface area is 176 Å². The van der Waals surface area contributed by atoms with Gasteiger partial charge in [-0.2, -0.15) is 18.2 Å². The van der Waals surface area contributed by atoms with E-state index in [0.29, 0.717) is 6.54 Å². The minimum Gasteiger partial charge on any atom is -0.491 e. The van der Waals surface area contributed by atoms with Gasteiger partial charge in [-0.25, -0.2) is 4.39 Å². The molecule has 7 nitrogen and oxygen atoms in total. The molecule has 0 spiro atoms. The number of piperidine rings is 1. The van der Waals surface area contributed by atoms with Crippen molar-refractivity contribution >= 4 is 5.91 Å². The number of likely N-dealkylation sites (tertiary alicyclic amines) is 1. The van der Waals surface area contributed by atoms with E-state index in [1.165, 1.54) is 13.0 Å². The lowest BCUT2D eigenvalue weighted by atomic mass is 9.97. The number of ether oxygens (including phenoxy) is 1. The summed E-state index contributed by atoms with van der Waals surface area (Å²) in [6.07, 6.45) is -3.02. The number of alkyl halides is 3. The molecule has 1 amide bonds. The second-order valence-electron chi connectivity index (χ2n) is 7.82. The van der Waals surface area contributed by atoms with Crippen LogP contribution in [0.4, 0.5) is 17.6 Å². The lowest BCUT2D eigenvalue weighted by Crippen LogP contribution is -2.45. The molecule has 1 aliphatic heterocycles. The molecular formula is C20H24F4N4O3. The van der Waals surface area contributed by atoms with Crippen LogP contribution in [0, 0.1) is 18.7 Å². The van der Waals surface area contributed by atoms with Crippen molar-refractivity contribution < 1.29 is 31.6 Å². The molecule has 1 N–H and O–H groups in total. The van der Waals surface area contributed by atoms with Crippen LogP contribution in [0.5, 0.6) is 5.75 Å². The Morgan fingerprint density at radius 2 is 2.16 bits per heavy atom. The molecule has 1 aromatic carbocycles. The topological polar surface area (TPSA) is 80.5 Å². The van der Waals surface area contributed by atoms with Gasteiger partial charge in [0.2, 0.25) is 11.7 Å². The van der Waals surface area contributed by atoms with Crippen LogP contribution < -0.4 is 10.1 Å². The average molecular weight is 444 g/mol. The van der Waals surface area contributed by atoms with Gasteiger partial charge < -0.3 is 19.5 Å². The number of hydrogen-bond acceptors (Lipinski definition) is 6. The Kier molecular flexibility index (Phi) is 6.83. The molecule has 0 unspecified atom stereocenters. The van der Waals surface area contributed by atoms with Gasteiger partial charge in [0.25, 0.3) is 0 Å². The molecular weight excluding hydrogens is 420 g/mol. The van der Waals surface area contributed by atoms with Gasteiger partial charge in [0, 0.05) is 17.7 Å². The van der Waals surface area contributed by atoms with Crippen LogP contribution >= 0.6 is 0 Å². The first kappa shape index (κ1) is 23.0. The van der Waals surface area contributed by atoms with Crippen molar-refractivity contribution in [2.75, 3.05) is 26.7 Å². The summed E-state index contributed by atoms with van der Waals surface area (Å²) in [5.41, 5.74) is 0.162. The third-order valence-corrected chi connectivity index (χ3v) is 5.10. The molecule has 2 atom stereocenters. The number of amides is 1. The Balaban J connectivity index is 1.66. The molecule has 3 rings (SSSR count). The van der Waals surface area contributed by atoms with E-state index in [2.05, 4.69) is 24.9 Å². The minimum atomic E-state index is -4.80. The highest BCUT2D eigenvalue weighted by Gasteiger charge is 2.38. The van der Waals surface area contributed by atoms with Gasteiger partial charge in [0.1, 0.15) is 18.2 Å². The first-order valence-electron chi connectivity index (χ1n) is 9.87. The zero-order chi connectivity index (χ0) is 22.8. The number of nitrogens with one attached hydrogen (secondary N) is 1. The summed E-state index contributed by atoms with van der Waals surface area (Å²) in [4.78, 5) is 17.8. The van der Waals surface area contributed by atoms with Gasteiger partial charge in [0.15, 0.2) is 0 Å². The highest BCUT2D eigenvalue weighted by molar-refractivity contribution is 5.79.